The summed E-state index contributed by atoms with van der Waals surface area (Å²) in [7, 11) is 0. The number of hydrogen-bond donors (Lipinski definition) is 2. The van der Waals surface area contributed by atoms with Crippen LogP contribution < -0.4 is 10.4 Å². The van der Waals surface area contributed by atoms with E-state index in [0.29, 0.717) is 5.69 Å². The third kappa shape index (κ3) is 3.35. The quantitative estimate of drug-likeness (QED) is 0.745. The first-order valence-corrected chi connectivity index (χ1v) is 8.64. The van der Waals surface area contributed by atoms with E-state index < -0.39 is 18.0 Å². The van der Waals surface area contributed by atoms with E-state index in [1.54, 1.807) is 0 Å². The lowest BCUT2D eigenvalue weighted by Crippen LogP contribution is -2.52. The van der Waals surface area contributed by atoms with Crippen LogP contribution in [0.25, 0.3) is 10.8 Å². The molecule has 0 aromatic heterocycles. The van der Waals surface area contributed by atoms with Gasteiger partial charge in [0.15, 0.2) is 0 Å². The molecule has 2 N–H and O–H groups in total. The van der Waals surface area contributed by atoms with Gasteiger partial charge in [-0.3, -0.25) is 9.63 Å². The van der Waals surface area contributed by atoms with Crippen molar-refractivity contribution in [3.63, 3.8) is 0 Å². The number of amides is 2. The number of anilines is 1. The van der Waals surface area contributed by atoms with Gasteiger partial charge < -0.3 is 10.4 Å². The van der Waals surface area contributed by atoms with Crippen LogP contribution >= 0.6 is 0 Å². The zero-order valence-corrected chi connectivity index (χ0v) is 14.5. The highest BCUT2D eigenvalue weighted by Gasteiger charge is 2.35. The second-order valence-electron chi connectivity index (χ2n) is 6.38. The average molecular weight is 362 g/mol. The van der Waals surface area contributed by atoms with Crippen molar-refractivity contribution in [2.75, 3.05) is 5.06 Å². The molecule has 0 saturated carbocycles. The number of carboxylic acid groups (broad SMARTS) is 1. The molecule has 6 nitrogen and oxygen atoms in total. The molecule has 4 rings (SSSR count). The molecular weight excluding hydrogens is 344 g/mol. The standard InChI is InChI=1S/C21H18N2O4/c24-20-18(22-21(25)26)12-17-16-9-5-4-8-15(16)10-11-19(17)23(20)27-13-14-6-2-1-3-7-14/h1-11,18,22H,12-13H2,(H,25,26). The third-order valence-electron chi connectivity index (χ3n) is 4.64. The van der Waals surface area contributed by atoms with Crippen LogP contribution in [-0.2, 0) is 22.7 Å². The molecule has 0 fully saturated rings. The summed E-state index contributed by atoms with van der Waals surface area (Å²) in [5.41, 5.74) is 2.46. The lowest BCUT2D eigenvalue weighted by molar-refractivity contribution is -0.129. The Morgan fingerprint density at radius 1 is 1.07 bits per heavy atom. The number of fused-ring (bicyclic) bond motifs is 3. The van der Waals surface area contributed by atoms with Crippen LogP contribution in [0, 0.1) is 0 Å². The summed E-state index contributed by atoms with van der Waals surface area (Å²) in [4.78, 5) is 29.8. The van der Waals surface area contributed by atoms with E-state index in [0.717, 1.165) is 21.9 Å². The predicted octanol–water partition coefficient (Wildman–Crippen LogP) is 3.50. The van der Waals surface area contributed by atoms with E-state index in [4.69, 9.17) is 9.94 Å². The van der Waals surface area contributed by atoms with E-state index in [1.807, 2.05) is 66.7 Å². The number of rotatable bonds is 4. The topological polar surface area (TPSA) is 78.9 Å². The molecule has 3 aromatic carbocycles. The maximum atomic E-state index is 12.9. The number of nitrogens with one attached hydrogen (secondary N) is 1. The number of carbonyl (C=O) groups is 2. The smallest absolute Gasteiger partial charge is 0.405 e. The molecule has 2 amide bonds. The normalized spacial score (nSPS) is 16.2. The number of benzene rings is 3. The van der Waals surface area contributed by atoms with Crippen molar-refractivity contribution >= 4 is 28.5 Å². The number of carbonyl (C=O) groups excluding carboxylic acids is 1. The molecule has 3 aromatic rings. The lowest BCUT2D eigenvalue weighted by atomic mass is 9.93. The zero-order valence-electron chi connectivity index (χ0n) is 14.5. The van der Waals surface area contributed by atoms with E-state index in [2.05, 4.69) is 5.32 Å². The lowest BCUT2D eigenvalue weighted by Gasteiger charge is -2.33. The fourth-order valence-electron chi connectivity index (χ4n) is 3.39. The van der Waals surface area contributed by atoms with Gasteiger partial charge in [-0.05, 0) is 28.0 Å². The molecule has 1 aliphatic rings. The first-order valence-electron chi connectivity index (χ1n) is 8.64. The first kappa shape index (κ1) is 17.1. The molecule has 0 spiro atoms. The number of nitrogens with zero attached hydrogens (tertiary/aromatic N) is 1. The van der Waals surface area contributed by atoms with Crippen LogP contribution in [0.3, 0.4) is 0 Å². The summed E-state index contributed by atoms with van der Waals surface area (Å²) in [5.74, 6) is -0.420. The van der Waals surface area contributed by atoms with Gasteiger partial charge in [-0.25, -0.2) is 4.79 Å². The van der Waals surface area contributed by atoms with Gasteiger partial charge in [0.1, 0.15) is 12.6 Å². The summed E-state index contributed by atoms with van der Waals surface area (Å²) in [5, 5.41) is 14.7. The molecule has 27 heavy (non-hydrogen) atoms. The first-order chi connectivity index (χ1) is 13.1. The fraction of sp³-hybridized carbons (Fsp3) is 0.143. The minimum atomic E-state index is -1.24. The Bertz CT molecular complexity index is 1000. The monoisotopic (exact) mass is 362 g/mol. The Morgan fingerprint density at radius 2 is 1.81 bits per heavy atom. The summed E-state index contributed by atoms with van der Waals surface area (Å²) >= 11 is 0. The predicted molar refractivity (Wildman–Crippen MR) is 101 cm³/mol. The highest BCUT2D eigenvalue weighted by Crippen LogP contribution is 2.34. The summed E-state index contributed by atoms with van der Waals surface area (Å²) < 4.78 is 0. The second kappa shape index (κ2) is 7.09. The minimum Gasteiger partial charge on any atom is -0.465 e. The highest BCUT2D eigenvalue weighted by atomic mass is 16.7. The van der Waals surface area contributed by atoms with Crippen LogP contribution in [0.4, 0.5) is 10.5 Å². The largest absolute Gasteiger partial charge is 0.465 e. The fourth-order valence-corrected chi connectivity index (χ4v) is 3.39. The summed E-state index contributed by atoms with van der Waals surface area (Å²) in [6.07, 6.45) is -0.951. The SMILES string of the molecule is O=C(O)NC1Cc2c(ccc3ccccc23)N(OCc2ccccc2)C1=O. The van der Waals surface area contributed by atoms with Crippen LogP contribution in [0.5, 0.6) is 0 Å². The van der Waals surface area contributed by atoms with E-state index in [9.17, 15) is 9.59 Å². The molecule has 0 bridgehead atoms. The highest BCUT2D eigenvalue weighted by molar-refractivity contribution is 6.04. The maximum Gasteiger partial charge on any atom is 0.405 e. The molecule has 6 heteroatoms. The van der Waals surface area contributed by atoms with Gasteiger partial charge in [-0.2, -0.15) is 5.06 Å². The zero-order chi connectivity index (χ0) is 18.8. The summed E-state index contributed by atoms with van der Waals surface area (Å²) in [6.45, 7) is 0.207. The molecule has 1 aliphatic heterocycles. The number of hydrogen-bond acceptors (Lipinski definition) is 3. The van der Waals surface area contributed by atoms with Crippen molar-refractivity contribution in [1.29, 1.82) is 0 Å². The van der Waals surface area contributed by atoms with E-state index in [-0.39, 0.29) is 13.0 Å². The molecule has 0 aliphatic carbocycles. The third-order valence-corrected chi connectivity index (χ3v) is 4.64. The van der Waals surface area contributed by atoms with Gasteiger partial charge in [-0.15, -0.1) is 0 Å². The molecule has 1 heterocycles. The Labute approximate surface area is 155 Å². The Balaban J connectivity index is 1.73. The minimum absolute atomic E-state index is 0.207. The van der Waals surface area contributed by atoms with Crippen molar-refractivity contribution in [2.24, 2.45) is 0 Å². The van der Waals surface area contributed by atoms with Crippen LogP contribution in [0.15, 0.2) is 66.7 Å². The van der Waals surface area contributed by atoms with Crippen LogP contribution in [0.1, 0.15) is 11.1 Å². The molecule has 0 radical (unpaired) electrons. The van der Waals surface area contributed by atoms with Gasteiger partial charge >= 0.3 is 6.09 Å². The van der Waals surface area contributed by atoms with Gasteiger partial charge in [0.2, 0.25) is 0 Å². The van der Waals surface area contributed by atoms with Gasteiger partial charge in [0, 0.05) is 6.42 Å². The summed E-state index contributed by atoms with van der Waals surface area (Å²) in [6, 6.07) is 20.2. The molecular formula is C21H18N2O4. The number of hydroxylamine groups is 1. The molecule has 1 atom stereocenters. The van der Waals surface area contributed by atoms with Crippen molar-refractivity contribution in [3.05, 3.63) is 77.9 Å². The Kier molecular flexibility index (Phi) is 4.48. The van der Waals surface area contributed by atoms with Gasteiger partial charge in [-0.1, -0.05) is 60.7 Å². The van der Waals surface area contributed by atoms with E-state index in [1.165, 1.54) is 5.06 Å². The van der Waals surface area contributed by atoms with Crippen molar-refractivity contribution in [1.82, 2.24) is 5.32 Å². The molecule has 136 valence electrons. The second-order valence-corrected chi connectivity index (χ2v) is 6.38. The maximum absolute atomic E-state index is 12.9. The Morgan fingerprint density at radius 3 is 2.59 bits per heavy atom. The van der Waals surface area contributed by atoms with Gasteiger partial charge in [0.25, 0.3) is 5.91 Å². The van der Waals surface area contributed by atoms with Crippen LogP contribution in [0.2, 0.25) is 0 Å². The Hall–Kier alpha value is -3.38. The van der Waals surface area contributed by atoms with Crippen LogP contribution in [-0.4, -0.2) is 23.1 Å². The van der Waals surface area contributed by atoms with Crippen molar-refractivity contribution in [3.8, 4) is 0 Å². The molecule has 1 unspecified atom stereocenters. The van der Waals surface area contributed by atoms with Gasteiger partial charge in [0.05, 0.1) is 5.69 Å². The average Bonchev–Trinajstić information content (AvgIpc) is 2.68. The molecule has 0 saturated heterocycles. The van der Waals surface area contributed by atoms with Crippen molar-refractivity contribution < 1.29 is 19.5 Å². The van der Waals surface area contributed by atoms with E-state index >= 15 is 0 Å². The van der Waals surface area contributed by atoms with Crippen molar-refractivity contribution in [2.45, 2.75) is 19.1 Å².